The van der Waals surface area contributed by atoms with E-state index < -0.39 is 5.97 Å². The van der Waals surface area contributed by atoms with E-state index in [2.05, 4.69) is 5.32 Å². The monoisotopic (exact) mass is 467 g/mol. The summed E-state index contributed by atoms with van der Waals surface area (Å²) in [5.74, 6) is -1.52. The number of nitrogens with one attached hydrogen (secondary N) is 1. The Morgan fingerprint density at radius 3 is 2.31 bits per heavy atom. The van der Waals surface area contributed by atoms with Crippen LogP contribution in [-0.4, -0.2) is 27.2 Å². The average Bonchev–Trinajstić information content (AvgIpc) is 3.33. The van der Waals surface area contributed by atoms with Crippen molar-refractivity contribution in [2.24, 2.45) is 0 Å². The Bertz CT molecular complexity index is 1580. The van der Waals surface area contributed by atoms with Gasteiger partial charge in [0.15, 0.2) is 0 Å². The van der Waals surface area contributed by atoms with Gasteiger partial charge in [0.25, 0.3) is 5.91 Å². The van der Waals surface area contributed by atoms with Crippen LogP contribution in [0.1, 0.15) is 37.4 Å². The molecule has 5 rings (SSSR count). The van der Waals surface area contributed by atoms with Crippen LogP contribution >= 0.6 is 0 Å². The summed E-state index contributed by atoms with van der Waals surface area (Å²) in [7, 11) is 0. The molecule has 5 aromatic rings. The van der Waals surface area contributed by atoms with Crippen LogP contribution in [0.5, 0.6) is 11.5 Å². The second-order valence-electron chi connectivity index (χ2n) is 8.31. The Balaban J connectivity index is 1.38. The van der Waals surface area contributed by atoms with Crippen molar-refractivity contribution in [1.29, 1.82) is 0 Å². The third-order valence-corrected chi connectivity index (χ3v) is 6.01. The van der Waals surface area contributed by atoms with Gasteiger partial charge in [-0.2, -0.15) is 0 Å². The number of phenols is 2. The van der Waals surface area contributed by atoms with Gasteiger partial charge in [-0.05, 0) is 65.0 Å². The van der Waals surface area contributed by atoms with Crippen LogP contribution in [0.4, 0.5) is 0 Å². The number of benzene rings is 4. The molecule has 174 valence electrons. The quantitative estimate of drug-likeness (QED) is 0.272. The third kappa shape index (κ3) is 4.39. The summed E-state index contributed by atoms with van der Waals surface area (Å²) >= 11 is 0. The number of aromatic carboxylic acids is 1. The van der Waals surface area contributed by atoms with Crippen LogP contribution in [0.15, 0.2) is 83.5 Å². The normalized spacial score (nSPS) is 11.1. The summed E-state index contributed by atoms with van der Waals surface area (Å²) < 4.78 is 5.34. The average molecular weight is 467 g/mol. The van der Waals surface area contributed by atoms with Gasteiger partial charge in [0.2, 0.25) is 0 Å². The molecular formula is C28H21NO6. The maximum atomic E-state index is 12.8. The second-order valence-corrected chi connectivity index (χ2v) is 8.31. The van der Waals surface area contributed by atoms with Gasteiger partial charge >= 0.3 is 5.97 Å². The molecule has 0 aliphatic rings. The van der Waals surface area contributed by atoms with Gasteiger partial charge in [-0.3, -0.25) is 4.79 Å². The summed E-state index contributed by atoms with van der Waals surface area (Å²) in [5.41, 5.74) is 3.26. The largest absolute Gasteiger partial charge is 0.507 e. The van der Waals surface area contributed by atoms with Crippen LogP contribution in [0, 0.1) is 0 Å². The summed E-state index contributed by atoms with van der Waals surface area (Å²) in [6.07, 6.45) is 1.81. The first kappa shape index (κ1) is 22.0. The molecule has 0 unspecified atom stereocenters. The van der Waals surface area contributed by atoms with Crippen LogP contribution < -0.4 is 5.32 Å². The maximum absolute atomic E-state index is 12.8. The van der Waals surface area contributed by atoms with Crippen LogP contribution in [0.25, 0.3) is 21.7 Å². The predicted molar refractivity (Wildman–Crippen MR) is 131 cm³/mol. The van der Waals surface area contributed by atoms with Crippen molar-refractivity contribution < 1.29 is 29.3 Å². The minimum Gasteiger partial charge on any atom is -0.507 e. The Morgan fingerprint density at radius 2 is 1.54 bits per heavy atom. The number of carboxylic acids is 1. The fourth-order valence-electron chi connectivity index (χ4n) is 4.10. The molecular weight excluding hydrogens is 446 g/mol. The summed E-state index contributed by atoms with van der Waals surface area (Å²) in [4.78, 5) is 23.9. The lowest BCUT2D eigenvalue weighted by molar-refractivity contribution is 0.0696. The van der Waals surface area contributed by atoms with E-state index in [9.17, 15) is 19.8 Å². The molecule has 0 aliphatic heterocycles. The molecule has 1 amide bonds. The molecule has 0 spiro atoms. The minimum absolute atomic E-state index is 0.0795. The van der Waals surface area contributed by atoms with E-state index in [4.69, 9.17) is 9.52 Å². The van der Waals surface area contributed by atoms with Crippen molar-refractivity contribution in [3.05, 3.63) is 107 Å². The van der Waals surface area contributed by atoms with Gasteiger partial charge in [0.1, 0.15) is 17.1 Å². The SMILES string of the molecule is O=C(O)c1ccc(Cc2c(O)cc3ccc(C(=O)NCc4ccc5occc5c4)cc3c2O)cc1. The summed E-state index contributed by atoms with van der Waals surface area (Å²) in [6, 6.07) is 20.2. The summed E-state index contributed by atoms with van der Waals surface area (Å²) in [6.45, 7) is 0.330. The van der Waals surface area contributed by atoms with Gasteiger partial charge < -0.3 is 25.1 Å². The number of hydrogen-bond donors (Lipinski definition) is 4. The Kier molecular flexibility index (Phi) is 5.58. The number of fused-ring (bicyclic) bond motifs is 2. The molecule has 0 aliphatic carbocycles. The molecule has 0 radical (unpaired) electrons. The molecule has 4 N–H and O–H groups in total. The molecule has 35 heavy (non-hydrogen) atoms. The number of hydrogen-bond acceptors (Lipinski definition) is 5. The highest BCUT2D eigenvalue weighted by Gasteiger charge is 2.16. The van der Waals surface area contributed by atoms with Crippen molar-refractivity contribution in [2.45, 2.75) is 13.0 Å². The lowest BCUT2D eigenvalue weighted by atomic mass is 9.96. The number of amides is 1. The first-order chi connectivity index (χ1) is 16.9. The number of carbonyl (C=O) groups excluding carboxylic acids is 1. The zero-order chi connectivity index (χ0) is 24.5. The molecule has 7 heteroatoms. The van der Waals surface area contributed by atoms with Gasteiger partial charge in [0.05, 0.1) is 11.8 Å². The van der Waals surface area contributed by atoms with E-state index in [1.54, 1.807) is 36.6 Å². The van der Waals surface area contributed by atoms with E-state index >= 15 is 0 Å². The first-order valence-corrected chi connectivity index (χ1v) is 10.9. The zero-order valence-electron chi connectivity index (χ0n) is 18.5. The van der Waals surface area contributed by atoms with Crippen LogP contribution in [0.2, 0.25) is 0 Å². The summed E-state index contributed by atoms with van der Waals surface area (Å²) in [5, 5.41) is 35.4. The number of carbonyl (C=O) groups is 2. The molecule has 0 saturated carbocycles. The fraction of sp³-hybridized carbons (Fsp3) is 0.0714. The van der Waals surface area contributed by atoms with Crippen molar-refractivity contribution in [1.82, 2.24) is 5.32 Å². The predicted octanol–water partition coefficient (Wildman–Crippen LogP) is 5.22. The third-order valence-electron chi connectivity index (χ3n) is 6.01. The van der Waals surface area contributed by atoms with E-state index in [-0.39, 0.29) is 29.4 Å². The van der Waals surface area contributed by atoms with E-state index in [1.165, 1.54) is 18.2 Å². The number of rotatable bonds is 6. The molecule has 4 aromatic carbocycles. The van der Waals surface area contributed by atoms with Crippen molar-refractivity contribution in [2.75, 3.05) is 0 Å². The van der Waals surface area contributed by atoms with Crippen molar-refractivity contribution >= 4 is 33.6 Å². The minimum atomic E-state index is -1.03. The van der Waals surface area contributed by atoms with Crippen LogP contribution in [0.3, 0.4) is 0 Å². The van der Waals surface area contributed by atoms with E-state index in [0.717, 1.165) is 22.1 Å². The number of furan rings is 1. The highest BCUT2D eigenvalue weighted by Crippen LogP contribution is 2.37. The fourth-order valence-corrected chi connectivity index (χ4v) is 4.10. The number of aromatic hydroxyl groups is 2. The van der Waals surface area contributed by atoms with Crippen LogP contribution in [-0.2, 0) is 13.0 Å². The second kappa shape index (κ2) is 8.87. The lowest BCUT2D eigenvalue weighted by Gasteiger charge is -2.12. The first-order valence-electron chi connectivity index (χ1n) is 10.9. The molecule has 0 saturated heterocycles. The van der Waals surface area contributed by atoms with Crippen molar-refractivity contribution in [3.63, 3.8) is 0 Å². The Morgan fingerprint density at radius 1 is 0.800 bits per heavy atom. The van der Waals surface area contributed by atoms with Gasteiger partial charge in [0, 0.05) is 34.9 Å². The highest BCUT2D eigenvalue weighted by molar-refractivity contribution is 6.01. The molecule has 7 nitrogen and oxygen atoms in total. The van der Waals surface area contributed by atoms with Gasteiger partial charge in [-0.25, -0.2) is 4.79 Å². The van der Waals surface area contributed by atoms with E-state index in [1.807, 2.05) is 24.3 Å². The topological polar surface area (TPSA) is 120 Å². The number of phenolic OH excluding ortho intramolecular Hbond substituents is 2. The molecule has 1 heterocycles. The van der Waals surface area contributed by atoms with Crippen molar-refractivity contribution in [3.8, 4) is 11.5 Å². The maximum Gasteiger partial charge on any atom is 0.335 e. The molecule has 0 atom stereocenters. The van der Waals surface area contributed by atoms with E-state index in [0.29, 0.717) is 28.4 Å². The molecule has 0 bridgehead atoms. The Labute approximate surface area is 199 Å². The van der Waals surface area contributed by atoms with Gasteiger partial charge in [-0.15, -0.1) is 0 Å². The zero-order valence-corrected chi connectivity index (χ0v) is 18.5. The molecule has 1 aromatic heterocycles. The highest BCUT2D eigenvalue weighted by atomic mass is 16.4. The van der Waals surface area contributed by atoms with Gasteiger partial charge in [-0.1, -0.05) is 24.3 Å². The lowest BCUT2D eigenvalue weighted by Crippen LogP contribution is -2.22. The Hall–Kier alpha value is -4.78. The number of carboxylic acid groups (broad SMARTS) is 1. The standard InChI is InChI=1S/C28H21NO6/c30-24-14-19-6-7-21(27(32)29-15-17-3-8-25-20(11-17)9-10-35-25)13-22(19)26(31)23(24)12-16-1-4-18(5-2-16)28(33)34/h1-11,13-14,30-31H,12,15H2,(H,29,32)(H,33,34). The smallest absolute Gasteiger partial charge is 0.335 e. The molecule has 0 fully saturated rings.